The van der Waals surface area contributed by atoms with E-state index in [1.807, 2.05) is 0 Å². The molecule has 3 rings (SSSR count). The van der Waals surface area contributed by atoms with Crippen molar-refractivity contribution in [3.63, 3.8) is 0 Å². The summed E-state index contributed by atoms with van der Waals surface area (Å²) in [6, 6.07) is 11.8. The number of hydrogen-bond acceptors (Lipinski definition) is 5. The van der Waals surface area contributed by atoms with Gasteiger partial charge >= 0.3 is 5.97 Å². The first-order valence-corrected chi connectivity index (χ1v) is 9.80. The highest BCUT2D eigenvalue weighted by Crippen LogP contribution is 2.34. The molecule has 1 amide bonds. The molecule has 7 heteroatoms. The lowest BCUT2D eigenvalue weighted by Gasteiger charge is -2.07. The molecule has 5 nitrogen and oxygen atoms in total. The molecule has 2 aromatic carbocycles. The van der Waals surface area contributed by atoms with E-state index in [2.05, 4.69) is 5.32 Å². The molecule has 0 aliphatic carbocycles. The van der Waals surface area contributed by atoms with Gasteiger partial charge in [-0.3, -0.25) is 4.79 Å². The highest BCUT2D eigenvalue weighted by Gasteiger charge is 2.20. The third-order valence-corrected chi connectivity index (χ3v) is 5.32. The molecule has 1 aromatic heterocycles. The Labute approximate surface area is 171 Å². The van der Waals surface area contributed by atoms with E-state index < -0.39 is 5.97 Å². The van der Waals surface area contributed by atoms with Crippen LogP contribution in [-0.4, -0.2) is 25.6 Å². The lowest BCUT2D eigenvalue weighted by Crippen LogP contribution is -2.12. The number of carbonyl (C=O) groups is 2. The van der Waals surface area contributed by atoms with Crippen LogP contribution in [0, 0.1) is 5.82 Å². The van der Waals surface area contributed by atoms with Crippen LogP contribution in [0.4, 0.5) is 10.1 Å². The van der Waals surface area contributed by atoms with Crippen molar-refractivity contribution >= 4 is 45.1 Å². The summed E-state index contributed by atoms with van der Waals surface area (Å²) in [5, 5.41) is 3.25. The fourth-order valence-electron chi connectivity index (χ4n) is 2.85. The molecule has 0 saturated carbocycles. The van der Waals surface area contributed by atoms with Gasteiger partial charge in [0.15, 0.2) is 0 Å². The van der Waals surface area contributed by atoms with Gasteiger partial charge in [-0.05, 0) is 42.8 Å². The summed E-state index contributed by atoms with van der Waals surface area (Å²) in [4.78, 5) is 24.6. The van der Waals surface area contributed by atoms with Crippen LogP contribution >= 0.6 is 11.3 Å². The first-order valence-electron chi connectivity index (χ1n) is 8.98. The SMILES string of the molecule is CCOC(=O)/C=C/c1ccc(NC(=O)c2sc3cccc(F)c3c2COC)cc1. The maximum Gasteiger partial charge on any atom is 0.330 e. The van der Waals surface area contributed by atoms with E-state index in [1.54, 1.807) is 49.4 Å². The van der Waals surface area contributed by atoms with Crippen LogP contribution in [0.5, 0.6) is 0 Å². The third-order valence-electron chi connectivity index (χ3n) is 4.13. The number of carbonyl (C=O) groups excluding carboxylic acids is 2. The Hall–Kier alpha value is -3.03. The number of fused-ring (bicyclic) bond motifs is 1. The van der Waals surface area contributed by atoms with Gasteiger partial charge in [0.05, 0.1) is 18.1 Å². The van der Waals surface area contributed by atoms with Crippen LogP contribution in [0.1, 0.15) is 27.7 Å². The summed E-state index contributed by atoms with van der Waals surface area (Å²) in [5.74, 6) is -1.11. The Morgan fingerprint density at radius 3 is 2.62 bits per heavy atom. The molecule has 0 fully saturated rings. The Kier molecular flexibility index (Phi) is 6.74. The minimum atomic E-state index is -0.410. The predicted molar refractivity (Wildman–Crippen MR) is 113 cm³/mol. The summed E-state index contributed by atoms with van der Waals surface area (Å²) in [7, 11) is 1.51. The molecule has 150 valence electrons. The molecular weight excluding hydrogens is 393 g/mol. The van der Waals surface area contributed by atoms with E-state index in [0.717, 1.165) is 5.56 Å². The van der Waals surface area contributed by atoms with Crippen LogP contribution in [0.3, 0.4) is 0 Å². The second-order valence-electron chi connectivity index (χ2n) is 6.12. The summed E-state index contributed by atoms with van der Waals surface area (Å²) in [6.45, 7) is 2.20. The van der Waals surface area contributed by atoms with E-state index >= 15 is 0 Å². The lowest BCUT2D eigenvalue weighted by molar-refractivity contribution is -0.137. The molecule has 0 radical (unpaired) electrons. The van der Waals surface area contributed by atoms with E-state index in [1.165, 1.54) is 30.6 Å². The number of rotatable bonds is 7. The van der Waals surface area contributed by atoms with Gasteiger partial charge in [-0.15, -0.1) is 11.3 Å². The Morgan fingerprint density at radius 2 is 1.93 bits per heavy atom. The quantitative estimate of drug-likeness (QED) is 0.437. The number of methoxy groups -OCH3 is 1. The lowest BCUT2D eigenvalue weighted by atomic mass is 10.1. The van der Waals surface area contributed by atoms with Crippen molar-refractivity contribution in [3.05, 3.63) is 70.4 Å². The Balaban J connectivity index is 1.79. The minimum Gasteiger partial charge on any atom is -0.463 e. The number of anilines is 1. The fraction of sp³-hybridized carbons (Fsp3) is 0.182. The minimum absolute atomic E-state index is 0.140. The number of nitrogens with one attached hydrogen (secondary N) is 1. The molecule has 0 unspecified atom stereocenters. The van der Waals surface area contributed by atoms with Crippen molar-refractivity contribution in [3.8, 4) is 0 Å². The van der Waals surface area contributed by atoms with Crippen LogP contribution in [0.15, 0.2) is 48.5 Å². The van der Waals surface area contributed by atoms with Crippen LogP contribution in [0.25, 0.3) is 16.2 Å². The maximum absolute atomic E-state index is 14.3. The van der Waals surface area contributed by atoms with Crippen molar-refractivity contribution in [2.24, 2.45) is 0 Å². The van der Waals surface area contributed by atoms with Gasteiger partial charge in [0.25, 0.3) is 5.91 Å². The van der Waals surface area contributed by atoms with Crippen molar-refractivity contribution in [2.45, 2.75) is 13.5 Å². The van der Waals surface area contributed by atoms with Gasteiger partial charge in [-0.25, -0.2) is 9.18 Å². The molecule has 1 N–H and O–H groups in total. The van der Waals surface area contributed by atoms with Gasteiger partial charge in [-0.1, -0.05) is 18.2 Å². The Morgan fingerprint density at radius 1 is 1.17 bits per heavy atom. The molecule has 0 aliphatic heterocycles. The fourth-order valence-corrected chi connectivity index (χ4v) is 3.97. The Bertz CT molecular complexity index is 1060. The van der Waals surface area contributed by atoms with Crippen molar-refractivity contribution in [1.29, 1.82) is 0 Å². The molecule has 1 heterocycles. The summed E-state index contributed by atoms with van der Waals surface area (Å²) >= 11 is 1.23. The summed E-state index contributed by atoms with van der Waals surface area (Å²) < 4.78 is 25.0. The number of hydrogen-bond donors (Lipinski definition) is 1. The average molecular weight is 413 g/mol. The third kappa shape index (κ3) is 4.88. The van der Waals surface area contributed by atoms with E-state index in [-0.39, 0.29) is 18.3 Å². The molecule has 3 aromatic rings. The van der Waals surface area contributed by atoms with Crippen LogP contribution in [0.2, 0.25) is 0 Å². The highest BCUT2D eigenvalue weighted by atomic mass is 32.1. The second kappa shape index (κ2) is 9.45. The molecule has 0 atom stereocenters. The van der Waals surface area contributed by atoms with Crippen molar-refractivity contribution in [2.75, 3.05) is 19.0 Å². The number of thiophene rings is 1. The summed E-state index contributed by atoms with van der Waals surface area (Å²) in [6.07, 6.45) is 2.98. The average Bonchev–Trinajstić information content (AvgIpc) is 3.08. The second-order valence-corrected chi connectivity index (χ2v) is 7.17. The highest BCUT2D eigenvalue weighted by molar-refractivity contribution is 7.21. The monoisotopic (exact) mass is 413 g/mol. The van der Waals surface area contributed by atoms with Gasteiger partial charge in [0.1, 0.15) is 5.82 Å². The van der Waals surface area contributed by atoms with E-state index in [0.29, 0.717) is 32.8 Å². The normalized spacial score (nSPS) is 11.1. The van der Waals surface area contributed by atoms with E-state index in [9.17, 15) is 14.0 Å². The van der Waals surface area contributed by atoms with Gasteiger partial charge in [0.2, 0.25) is 0 Å². The number of benzene rings is 2. The number of amides is 1. The molecule has 0 saturated heterocycles. The van der Waals surface area contributed by atoms with Gasteiger partial charge in [0, 0.05) is 34.5 Å². The smallest absolute Gasteiger partial charge is 0.330 e. The number of ether oxygens (including phenoxy) is 2. The standard InChI is InChI=1S/C22H20FNO4S/c1-3-28-19(25)12-9-14-7-10-15(11-8-14)24-22(26)21-16(13-27-2)20-17(23)5-4-6-18(20)29-21/h4-12H,3,13H2,1-2H3,(H,24,26)/b12-9+. The molecule has 0 spiro atoms. The molecule has 29 heavy (non-hydrogen) atoms. The first-order chi connectivity index (χ1) is 14.0. The largest absolute Gasteiger partial charge is 0.463 e. The van der Waals surface area contributed by atoms with Crippen molar-refractivity contribution in [1.82, 2.24) is 0 Å². The zero-order chi connectivity index (χ0) is 20.8. The summed E-state index contributed by atoms with van der Waals surface area (Å²) in [5.41, 5.74) is 1.92. The first kappa shape index (κ1) is 20.7. The van der Waals surface area contributed by atoms with Gasteiger partial charge < -0.3 is 14.8 Å². The topological polar surface area (TPSA) is 64.6 Å². The number of halogens is 1. The zero-order valence-corrected chi connectivity index (χ0v) is 16.8. The van der Waals surface area contributed by atoms with Crippen LogP contribution < -0.4 is 5.32 Å². The van der Waals surface area contributed by atoms with Crippen LogP contribution in [-0.2, 0) is 20.9 Å². The number of esters is 1. The maximum atomic E-state index is 14.3. The van der Waals surface area contributed by atoms with Crippen molar-refractivity contribution < 1.29 is 23.5 Å². The predicted octanol–water partition coefficient (Wildman–Crippen LogP) is 5.02. The molecular formula is C22H20FNO4S. The van der Waals surface area contributed by atoms with Gasteiger partial charge in [-0.2, -0.15) is 0 Å². The zero-order valence-electron chi connectivity index (χ0n) is 16.0. The molecule has 0 aliphatic rings. The molecule has 0 bridgehead atoms. The van der Waals surface area contributed by atoms with E-state index in [4.69, 9.17) is 9.47 Å².